The number of carbonyl (C=O) groups excluding carboxylic acids is 2. The summed E-state index contributed by atoms with van der Waals surface area (Å²) in [5.74, 6) is -29.3. The van der Waals surface area contributed by atoms with E-state index in [-0.39, 0.29) is 5.57 Å². The van der Waals surface area contributed by atoms with Gasteiger partial charge in [0.05, 0.1) is 0 Å². The molecular weight excluding hydrogens is 446 g/mol. The lowest BCUT2D eigenvalue weighted by Crippen LogP contribution is -2.59. The lowest BCUT2D eigenvalue weighted by molar-refractivity contribution is -0.345. The summed E-state index contributed by atoms with van der Waals surface area (Å²) >= 11 is 0. The monoisotopic (exact) mass is 464 g/mol. The molecule has 14 heteroatoms. The van der Waals surface area contributed by atoms with Crippen molar-refractivity contribution in [2.45, 2.75) is 63.4 Å². The van der Waals surface area contributed by atoms with Gasteiger partial charge in [0, 0.05) is 5.57 Å². The molecule has 0 saturated carbocycles. The highest BCUT2D eigenvalue weighted by molar-refractivity contribution is 5.87. The van der Waals surface area contributed by atoms with E-state index in [0.29, 0.717) is 0 Å². The van der Waals surface area contributed by atoms with Crippen molar-refractivity contribution in [3.63, 3.8) is 0 Å². The third-order valence-electron chi connectivity index (χ3n) is 3.50. The highest BCUT2D eigenvalue weighted by Crippen LogP contribution is 2.48. The Kier molecular flexibility index (Phi) is 8.78. The number of hydrogen-bond donors (Lipinski definition) is 0. The van der Waals surface area contributed by atoms with Crippen molar-refractivity contribution in [1.29, 1.82) is 0 Å². The van der Waals surface area contributed by atoms with Crippen molar-refractivity contribution in [2.24, 2.45) is 5.92 Å². The quantitative estimate of drug-likeness (QED) is 0.249. The van der Waals surface area contributed by atoms with E-state index in [1.54, 1.807) is 0 Å². The maximum Gasteiger partial charge on any atom is 0.381 e. The van der Waals surface area contributed by atoms with Gasteiger partial charge in [-0.15, -0.1) is 0 Å². The Morgan fingerprint density at radius 3 is 1.80 bits per heavy atom. The highest BCUT2D eigenvalue weighted by Gasteiger charge is 2.76. The van der Waals surface area contributed by atoms with Crippen molar-refractivity contribution in [3.05, 3.63) is 12.2 Å². The van der Waals surface area contributed by atoms with Crippen LogP contribution in [0, 0.1) is 5.92 Å². The molecule has 0 heterocycles. The minimum absolute atomic E-state index is 0.381. The fourth-order valence-electron chi connectivity index (χ4n) is 1.78. The Hall–Kier alpha value is -2.02. The van der Waals surface area contributed by atoms with Crippen LogP contribution in [-0.4, -0.2) is 54.8 Å². The fourth-order valence-corrected chi connectivity index (χ4v) is 1.78. The summed E-state index contributed by atoms with van der Waals surface area (Å²) in [4.78, 5) is 22.9. The molecule has 0 N–H and O–H groups in total. The van der Waals surface area contributed by atoms with Crippen molar-refractivity contribution in [2.75, 3.05) is 6.61 Å². The first kappa shape index (κ1) is 28.0. The molecule has 0 fully saturated rings. The average molecular weight is 464 g/mol. The molecule has 0 saturated heterocycles. The maximum absolute atomic E-state index is 14.2. The van der Waals surface area contributed by atoms with Crippen molar-refractivity contribution < 1.29 is 63.0 Å². The van der Waals surface area contributed by atoms with Gasteiger partial charge in [0.2, 0.25) is 0 Å². The van der Waals surface area contributed by atoms with Gasteiger partial charge in [0.25, 0.3) is 0 Å². The van der Waals surface area contributed by atoms with Gasteiger partial charge >= 0.3 is 42.1 Å². The van der Waals surface area contributed by atoms with Crippen LogP contribution in [-0.2, 0) is 19.1 Å². The second kappa shape index (κ2) is 9.41. The number of rotatable bonds is 11. The molecule has 0 aliphatic rings. The summed E-state index contributed by atoms with van der Waals surface area (Å²) in [6.45, 7) is 3.75. The zero-order valence-corrected chi connectivity index (χ0v) is 15.8. The van der Waals surface area contributed by atoms with E-state index in [1.165, 1.54) is 13.8 Å². The smallest absolute Gasteiger partial charge is 0.381 e. The number of hydrogen-bond acceptors (Lipinski definition) is 4. The Morgan fingerprint density at radius 2 is 1.43 bits per heavy atom. The Labute approximate surface area is 164 Å². The predicted molar refractivity (Wildman–Crippen MR) is 80.9 cm³/mol. The second-order valence-electron chi connectivity index (χ2n) is 6.71. The second-order valence-corrected chi connectivity index (χ2v) is 6.71. The van der Waals surface area contributed by atoms with Gasteiger partial charge in [-0.2, -0.15) is 35.1 Å². The summed E-state index contributed by atoms with van der Waals surface area (Å²) in [6, 6.07) is 0. The summed E-state index contributed by atoms with van der Waals surface area (Å²) in [5, 5.41) is 0. The minimum Gasteiger partial charge on any atom is -0.454 e. The van der Waals surface area contributed by atoms with Gasteiger partial charge in [0.1, 0.15) is 0 Å². The number of halogens is 10. The third kappa shape index (κ3) is 6.00. The molecule has 0 bridgehead atoms. The van der Waals surface area contributed by atoms with E-state index in [0.717, 1.165) is 6.92 Å². The third-order valence-corrected chi connectivity index (χ3v) is 3.50. The summed E-state index contributed by atoms with van der Waals surface area (Å²) < 4.78 is 139. The van der Waals surface area contributed by atoms with Crippen LogP contribution in [0.2, 0.25) is 0 Å². The molecule has 0 radical (unpaired) electrons. The molecule has 176 valence electrons. The predicted octanol–water partition coefficient (Wildman–Crippen LogP) is 4.87. The van der Waals surface area contributed by atoms with E-state index < -0.39 is 67.1 Å². The van der Waals surface area contributed by atoms with Gasteiger partial charge in [-0.05, 0) is 19.3 Å². The lowest BCUT2D eigenvalue weighted by Gasteiger charge is -2.32. The minimum atomic E-state index is -6.74. The van der Waals surface area contributed by atoms with Crippen LogP contribution >= 0.6 is 0 Å². The molecule has 0 amide bonds. The van der Waals surface area contributed by atoms with E-state index in [1.807, 2.05) is 0 Å². The van der Waals surface area contributed by atoms with E-state index >= 15 is 0 Å². The van der Waals surface area contributed by atoms with Gasteiger partial charge in [0.15, 0.2) is 12.7 Å². The number of esters is 2. The largest absolute Gasteiger partial charge is 0.454 e. The molecule has 0 aliphatic carbocycles. The zero-order valence-electron chi connectivity index (χ0n) is 15.8. The first-order valence-electron chi connectivity index (χ1n) is 8.04. The number of alkyl halides is 10. The van der Waals surface area contributed by atoms with Gasteiger partial charge in [-0.1, -0.05) is 20.4 Å². The number of carbonyl (C=O) groups is 2. The first-order chi connectivity index (χ1) is 13.2. The maximum atomic E-state index is 14.2. The Bertz CT molecular complexity index is 646. The van der Waals surface area contributed by atoms with Crippen molar-refractivity contribution in [3.8, 4) is 0 Å². The molecular formula is C16H18F10O4. The first-order valence-corrected chi connectivity index (χ1v) is 8.04. The fraction of sp³-hybridized carbons (Fsp3) is 0.750. The van der Waals surface area contributed by atoms with Gasteiger partial charge < -0.3 is 9.47 Å². The standard InChI is InChI=1S/C16H18F10O4/c1-7(2)5-9(30-10(27)8(3)4)14(21,22)12(28)29-6-13(19,20)16(25,26)15(23,24)11(17)18/h7,9,11H,3,5-6H2,1-2,4H3. The van der Waals surface area contributed by atoms with Crippen LogP contribution in [0.5, 0.6) is 0 Å². The van der Waals surface area contributed by atoms with Crippen LogP contribution in [0.1, 0.15) is 27.2 Å². The van der Waals surface area contributed by atoms with Crippen molar-refractivity contribution in [1.82, 2.24) is 0 Å². The number of ether oxygens (including phenoxy) is 2. The molecule has 1 unspecified atom stereocenters. The lowest BCUT2D eigenvalue weighted by atomic mass is 10.0. The Morgan fingerprint density at radius 1 is 0.967 bits per heavy atom. The van der Waals surface area contributed by atoms with Crippen LogP contribution in [0.4, 0.5) is 43.9 Å². The SMILES string of the molecule is C=C(C)C(=O)OC(CC(C)C)C(F)(F)C(=O)OCC(F)(F)C(F)(F)C(F)(F)C(F)F. The van der Waals surface area contributed by atoms with Crippen LogP contribution in [0.3, 0.4) is 0 Å². The topological polar surface area (TPSA) is 52.6 Å². The zero-order chi connectivity index (χ0) is 24.3. The molecule has 30 heavy (non-hydrogen) atoms. The highest BCUT2D eigenvalue weighted by atomic mass is 19.4. The molecule has 4 nitrogen and oxygen atoms in total. The van der Waals surface area contributed by atoms with Crippen LogP contribution in [0.25, 0.3) is 0 Å². The molecule has 0 aromatic carbocycles. The Balaban J connectivity index is 5.57. The molecule has 0 spiro atoms. The van der Waals surface area contributed by atoms with Crippen molar-refractivity contribution >= 4 is 11.9 Å². The summed E-state index contributed by atoms with van der Waals surface area (Å²) in [5.41, 5.74) is -0.381. The van der Waals surface area contributed by atoms with Gasteiger partial charge in [-0.25, -0.2) is 18.4 Å². The van der Waals surface area contributed by atoms with E-state index in [4.69, 9.17) is 0 Å². The van der Waals surface area contributed by atoms with Crippen LogP contribution in [0.15, 0.2) is 12.2 Å². The molecule has 0 rings (SSSR count). The van der Waals surface area contributed by atoms with Crippen LogP contribution < -0.4 is 0 Å². The molecule has 0 aliphatic heterocycles. The summed E-state index contributed by atoms with van der Waals surface area (Å²) in [7, 11) is 0. The van der Waals surface area contributed by atoms with E-state index in [2.05, 4.69) is 16.1 Å². The summed E-state index contributed by atoms with van der Waals surface area (Å²) in [6.07, 6.45) is -8.56. The molecule has 0 aromatic rings. The molecule has 0 aromatic heterocycles. The normalized spacial score (nSPS) is 14.6. The van der Waals surface area contributed by atoms with E-state index in [9.17, 15) is 53.5 Å². The average Bonchev–Trinajstić information content (AvgIpc) is 2.57. The van der Waals surface area contributed by atoms with Gasteiger partial charge in [-0.3, -0.25) is 0 Å². The molecule has 1 atom stereocenters.